The zero-order valence-corrected chi connectivity index (χ0v) is 14.7. The van der Waals surface area contributed by atoms with E-state index in [2.05, 4.69) is 25.8 Å². The standard InChI is InChI=1S/C17H21NO2S2/c1-17(2,3)16-18-15(12-21-16)13-22(19,20)11-7-10-14-8-5-4-6-9-14/h4-10,12H,11,13H2,1-3H3/b10-7-. The van der Waals surface area contributed by atoms with E-state index in [-0.39, 0.29) is 16.9 Å². The summed E-state index contributed by atoms with van der Waals surface area (Å²) in [5, 5.41) is 2.82. The lowest BCUT2D eigenvalue weighted by Gasteiger charge is -2.13. The van der Waals surface area contributed by atoms with Gasteiger partial charge >= 0.3 is 0 Å². The van der Waals surface area contributed by atoms with Gasteiger partial charge in [-0.1, -0.05) is 63.3 Å². The highest BCUT2D eigenvalue weighted by atomic mass is 32.2. The van der Waals surface area contributed by atoms with E-state index in [1.165, 1.54) is 11.3 Å². The SMILES string of the molecule is CC(C)(C)c1nc(CS(=O)(=O)C/C=C\c2ccccc2)cs1. The molecule has 1 heterocycles. The molecule has 2 rings (SSSR count). The molecule has 0 fully saturated rings. The molecule has 0 saturated heterocycles. The molecule has 3 nitrogen and oxygen atoms in total. The van der Waals surface area contributed by atoms with E-state index in [1.54, 1.807) is 6.08 Å². The first-order chi connectivity index (χ1) is 10.3. The van der Waals surface area contributed by atoms with E-state index in [0.29, 0.717) is 5.69 Å². The number of hydrogen-bond donors (Lipinski definition) is 0. The molecule has 0 unspecified atom stereocenters. The van der Waals surface area contributed by atoms with Crippen molar-refractivity contribution in [2.75, 3.05) is 5.75 Å². The van der Waals surface area contributed by atoms with E-state index in [0.717, 1.165) is 10.6 Å². The maximum atomic E-state index is 12.2. The van der Waals surface area contributed by atoms with Crippen molar-refractivity contribution in [3.05, 3.63) is 58.1 Å². The van der Waals surface area contributed by atoms with E-state index in [4.69, 9.17) is 0 Å². The average Bonchev–Trinajstić information content (AvgIpc) is 2.87. The Morgan fingerprint density at radius 2 is 1.86 bits per heavy atom. The van der Waals surface area contributed by atoms with Crippen LogP contribution < -0.4 is 0 Å². The molecule has 1 aromatic heterocycles. The van der Waals surface area contributed by atoms with Crippen molar-refractivity contribution in [3.8, 4) is 0 Å². The molecular weight excluding hydrogens is 314 g/mol. The van der Waals surface area contributed by atoms with Gasteiger partial charge in [-0.25, -0.2) is 13.4 Å². The summed E-state index contributed by atoms with van der Waals surface area (Å²) >= 11 is 1.52. The largest absolute Gasteiger partial charge is 0.245 e. The smallest absolute Gasteiger partial charge is 0.159 e. The molecule has 2 aromatic rings. The molecule has 0 bridgehead atoms. The summed E-state index contributed by atoms with van der Waals surface area (Å²) in [6, 6.07) is 9.68. The summed E-state index contributed by atoms with van der Waals surface area (Å²) < 4.78 is 24.3. The molecule has 0 saturated carbocycles. The lowest BCUT2D eigenvalue weighted by molar-refractivity contribution is 0.581. The average molecular weight is 335 g/mol. The van der Waals surface area contributed by atoms with Crippen LogP contribution in [0, 0.1) is 0 Å². The van der Waals surface area contributed by atoms with Crippen molar-refractivity contribution in [1.29, 1.82) is 0 Å². The van der Waals surface area contributed by atoms with Crippen molar-refractivity contribution in [2.24, 2.45) is 0 Å². The molecule has 0 radical (unpaired) electrons. The topological polar surface area (TPSA) is 47.0 Å². The highest BCUT2D eigenvalue weighted by Crippen LogP contribution is 2.26. The zero-order chi connectivity index (χ0) is 16.2. The predicted octanol–water partition coefficient (Wildman–Crippen LogP) is 4.07. The van der Waals surface area contributed by atoms with E-state index in [1.807, 2.05) is 41.8 Å². The van der Waals surface area contributed by atoms with Gasteiger partial charge in [0.25, 0.3) is 0 Å². The fourth-order valence-electron chi connectivity index (χ4n) is 1.90. The lowest BCUT2D eigenvalue weighted by Crippen LogP contribution is -2.12. The van der Waals surface area contributed by atoms with Crippen molar-refractivity contribution < 1.29 is 8.42 Å². The zero-order valence-electron chi connectivity index (χ0n) is 13.1. The van der Waals surface area contributed by atoms with Crippen molar-refractivity contribution in [2.45, 2.75) is 31.9 Å². The summed E-state index contributed by atoms with van der Waals surface area (Å²) in [4.78, 5) is 4.45. The van der Waals surface area contributed by atoms with Crippen LogP contribution in [0.15, 0.2) is 41.8 Å². The second-order valence-corrected chi connectivity index (χ2v) is 9.23. The molecule has 0 atom stereocenters. The van der Waals surface area contributed by atoms with Crippen molar-refractivity contribution in [3.63, 3.8) is 0 Å². The van der Waals surface area contributed by atoms with Gasteiger partial charge in [0, 0.05) is 10.8 Å². The number of benzene rings is 1. The third-order valence-electron chi connectivity index (χ3n) is 3.02. The second kappa shape index (κ2) is 6.75. The van der Waals surface area contributed by atoms with Crippen molar-refractivity contribution >= 4 is 27.3 Å². The predicted molar refractivity (Wildman–Crippen MR) is 93.8 cm³/mol. The van der Waals surface area contributed by atoms with Gasteiger partial charge in [-0.15, -0.1) is 11.3 Å². The molecule has 0 spiro atoms. The Balaban J connectivity index is 1.99. The summed E-state index contributed by atoms with van der Waals surface area (Å²) in [7, 11) is -3.18. The van der Waals surface area contributed by atoms with Gasteiger partial charge in [0.15, 0.2) is 9.84 Å². The van der Waals surface area contributed by atoms with Crippen LogP contribution in [0.2, 0.25) is 0 Å². The third-order valence-corrected chi connectivity index (χ3v) is 5.77. The van der Waals surface area contributed by atoms with Gasteiger partial charge in [-0.05, 0) is 5.56 Å². The van der Waals surface area contributed by atoms with Crippen LogP contribution in [0.3, 0.4) is 0 Å². The first-order valence-corrected chi connectivity index (χ1v) is 9.83. The fraction of sp³-hybridized carbons (Fsp3) is 0.353. The number of sulfone groups is 1. The molecular formula is C17H21NO2S2. The third kappa shape index (κ3) is 5.07. The summed E-state index contributed by atoms with van der Waals surface area (Å²) in [6.45, 7) is 6.23. The van der Waals surface area contributed by atoms with Crippen LogP contribution in [0.1, 0.15) is 37.0 Å². The van der Waals surface area contributed by atoms with E-state index < -0.39 is 9.84 Å². The quantitative estimate of drug-likeness (QED) is 0.827. The summed E-state index contributed by atoms with van der Waals surface area (Å²) in [5.74, 6) is 0.0307. The normalized spacial score (nSPS) is 12.9. The van der Waals surface area contributed by atoms with Crippen LogP contribution in [0.4, 0.5) is 0 Å². The van der Waals surface area contributed by atoms with Gasteiger partial charge in [-0.2, -0.15) is 0 Å². The number of aromatic nitrogens is 1. The molecule has 1 aromatic carbocycles. The van der Waals surface area contributed by atoms with Crippen LogP contribution >= 0.6 is 11.3 Å². The minimum atomic E-state index is -3.18. The first kappa shape index (κ1) is 16.9. The van der Waals surface area contributed by atoms with Crippen LogP contribution in [-0.2, 0) is 21.0 Å². The summed E-state index contributed by atoms with van der Waals surface area (Å²) in [6.07, 6.45) is 3.53. The van der Waals surface area contributed by atoms with Crippen LogP contribution in [0.5, 0.6) is 0 Å². The molecule has 5 heteroatoms. The number of rotatable bonds is 5. The highest BCUT2D eigenvalue weighted by Gasteiger charge is 2.20. The Morgan fingerprint density at radius 1 is 1.18 bits per heavy atom. The molecule has 0 aliphatic rings. The van der Waals surface area contributed by atoms with Gasteiger partial charge in [0.1, 0.15) is 0 Å². The number of nitrogens with zero attached hydrogens (tertiary/aromatic N) is 1. The Hall–Kier alpha value is -1.46. The maximum Gasteiger partial charge on any atom is 0.159 e. The molecule has 0 aliphatic heterocycles. The monoisotopic (exact) mass is 335 g/mol. The Bertz CT molecular complexity index is 738. The Kier molecular flexibility index (Phi) is 5.19. The van der Waals surface area contributed by atoms with Gasteiger partial charge in [-0.3, -0.25) is 0 Å². The number of thiazole rings is 1. The highest BCUT2D eigenvalue weighted by molar-refractivity contribution is 7.90. The second-order valence-electron chi connectivity index (χ2n) is 6.26. The molecule has 118 valence electrons. The van der Waals surface area contributed by atoms with Crippen LogP contribution in [0.25, 0.3) is 6.08 Å². The maximum absolute atomic E-state index is 12.2. The fourth-order valence-corrected chi connectivity index (χ4v) is 4.02. The lowest BCUT2D eigenvalue weighted by atomic mass is 9.98. The molecule has 0 N–H and O–H groups in total. The van der Waals surface area contributed by atoms with Gasteiger partial charge in [0.2, 0.25) is 0 Å². The number of hydrogen-bond acceptors (Lipinski definition) is 4. The molecule has 0 aliphatic carbocycles. The van der Waals surface area contributed by atoms with Gasteiger partial charge in [0.05, 0.1) is 22.2 Å². The molecule has 22 heavy (non-hydrogen) atoms. The van der Waals surface area contributed by atoms with Crippen LogP contribution in [-0.4, -0.2) is 19.2 Å². The summed E-state index contributed by atoms with van der Waals surface area (Å²) in [5.41, 5.74) is 1.60. The first-order valence-electron chi connectivity index (χ1n) is 7.13. The minimum Gasteiger partial charge on any atom is -0.245 e. The van der Waals surface area contributed by atoms with Crippen molar-refractivity contribution in [1.82, 2.24) is 4.98 Å². The Morgan fingerprint density at radius 3 is 2.45 bits per heavy atom. The van der Waals surface area contributed by atoms with Gasteiger partial charge < -0.3 is 0 Å². The molecule has 0 amide bonds. The Labute approximate surface area is 136 Å². The van der Waals surface area contributed by atoms with E-state index in [9.17, 15) is 8.42 Å². The minimum absolute atomic E-state index is 0.00128. The van der Waals surface area contributed by atoms with E-state index >= 15 is 0 Å².